The summed E-state index contributed by atoms with van der Waals surface area (Å²) in [5.41, 5.74) is 4.76. The average Bonchev–Trinajstić information content (AvgIpc) is 3.13. The third-order valence-corrected chi connectivity index (χ3v) is 2.80. The predicted molar refractivity (Wildman–Crippen MR) is 82.2 cm³/mol. The molecule has 1 aromatic carbocycles. The SMILES string of the molecule is CCOC(=O)c1ccc(OCC(=O)NNC(=O)c2ccco2)cc1. The van der Waals surface area contributed by atoms with E-state index >= 15 is 0 Å². The van der Waals surface area contributed by atoms with Gasteiger partial charge < -0.3 is 13.9 Å². The Labute approximate surface area is 137 Å². The van der Waals surface area contributed by atoms with E-state index in [1.54, 1.807) is 25.1 Å². The zero-order chi connectivity index (χ0) is 17.4. The summed E-state index contributed by atoms with van der Waals surface area (Å²) >= 11 is 0. The van der Waals surface area contributed by atoms with Crippen LogP contribution in [0.1, 0.15) is 27.8 Å². The zero-order valence-corrected chi connectivity index (χ0v) is 12.9. The van der Waals surface area contributed by atoms with Crippen LogP contribution in [0.2, 0.25) is 0 Å². The van der Waals surface area contributed by atoms with Crippen LogP contribution in [0, 0.1) is 0 Å². The van der Waals surface area contributed by atoms with Gasteiger partial charge in [0, 0.05) is 0 Å². The number of furan rings is 1. The number of rotatable bonds is 6. The van der Waals surface area contributed by atoms with Crippen LogP contribution in [-0.4, -0.2) is 31.0 Å². The molecule has 0 bridgehead atoms. The molecule has 0 saturated heterocycles. The molecule has 1 heterocycles. The van der Waals surface area contributed by atoms with Crippen molar-refractivity contribution in [2.24, 2.45) is 0 Å². The summed E-state index contributed by atoms with van der Waals surface area (Å²) in [7, 11) is 0. The van der Waals surface area contributed by atoms with Crippen molar-refractivity contribution in [3.63, 3.8) is 0 Å². The molecule has 2 amide bonds. The fourth-order valence-electron chi connectivity index (χ4n) is 1.68. The molecule has 2 N–H and O–H groups in total. The molecule has 0 unspecified atom stereocenters. The Kier molecular flexibility index (Phi) is 5.95. The molecule has 126 valence electrons. The minimum absolute atomic E-state index is 0.0748. The second-order valence-corrected chi connectivity index (χ2v) is 4.51. The summed E-state index contributed by atoms with van der Waals surface area (Å²) in [5, 5.41) is 0. The van der Waals surface area contributed by atoms with Gasteiger partial charge >= 0.3 is 11.9 Å². The smallest absolute Gasteiger partial charge is 0.338 e. The van der Waals surface area contributed by atoms with Crippen molar-refractivity contribution >= 4 is 17.8 Å². The molecule has 1 aromatic heterocycles. The lowest BCUT2D eigenvalue weighted by atomic mass is 10.2. The number of ether oxygens (including phenoxy) is 2. The second-order valence-electron chi connectivity index (χ2n) is 4.51. The minimum atomic E-state index is -0.577. The Hall–Kier alpha value is -3.29. The summed E-state index contributed by atoms with van der Waals surface area (Å²) in [6.07, 6.45) is 1.35. The van der Waals surface area contributed by atoms with Gasteiger partial charge in [0.25, 0.3) is 5.91 Å². The van der Waals surface area contributed by atoms with Crippen LogP contribution in [0.15, 0.2) is 47.1 Å². The van der Waals surface area contributed by atoms with Gasteiger partial charge in [-0.05, 0) is 43.3 Å². The number of hydrogen-bond acceptors (Lipinski definition) is 6. The van der Waals surface area contributed by atoms with Gasteiger partial charge in [-0.25, -0.2) is 4.79 Å². The highest BCUT2D eigenvalue weighted by molar-refractivity contribution is 5.93. The van der Waals surface area contributed by atoms with E-state index in [4.69, 9.17) is 13.9 Å². The normalized spacial score (nSPS) is 9.88. The molecule has 0 aliphatic carbocycles. The molecule has 0 saturated carbocycles. The van der Waals surface area contributed by atoms with E-state index in [2.05, 4.69) is 10.9 Å². The first-order valence-corrected chi connectivity index (χ1v) is 7.13. The molecular weight excluding hydrogens is 316 g/mol. The summed E-state index contributed by atoms with van der Waals surface area (Å²) in [5.74, 6) is -1.08. The molecule has 2 rings (SSSR count). The first kappa shape index (κ1) is 17.1. The Morgan fingerprint density at radius 2 is 1.83 bits per heavy atom. The highest BCUT2D eigenvalue weighted by Gasteiger charge is 2.10. The molecular formula is C16H16N2O6. The number of carbonyl (C=O) groups excluding carboxylic acids is 3. The Balaban J connectivity index is 1.75. The van der Waals surface area contributed by atoms with E-state index in [1.807, 2.05) is 0 Å². The van der Waals surface area contributed by atoms with Gasteiger partial charge in [-0.15, -0.1) is 0 Å². The molecule has 0 aliphatic heterocycles. The van der Waals surface area contributed by atoms with E-state index in [-0.39, 0.29) is 12.4 Å². The van der Waals surface area contributed by atoms with Crippen LogP contribution in [-0.2, 0) is 9.53 Å². The number of carbonyl (C=O) groups is 3. The summed E-state index contributed by atoms with van der Waals surface area (Å²) in [4.78, 5) is 34.6. The first-order chi connectivity index (χ1) is 11.6. The second kappa shape index (κ2) is 8.37. The van der Waals surface area contributed by atoms with Gasteiger partial charge in [0.15, 0.2) is 12.4 Å². The molecule has 0 fully saturated rings. The summed E-state index contributed by atoms with van der Waals surface area (Å²) < 4.78 is 15.0. The summed E-state index contributed by atoms with van der Waals surface area (Å²) in [6, 6.07) is 9.17. The van der Waals surface area contributed by atoms with Gasteiger partial charge in [0.05, 0.1) is 18.4 Å². The van der Waals surface area contributed by atoms with E-state index in [0.717, 1.165) is 0 Å². The lowest BCUT2D eigenvalue weighted by Crippen LogP contribution is -2.43. The number of nitrogens with one attached hydrogen (secondary N) is 2. The maximum atomic E-state index is 11.6. The maximum absolute atomic E-state index is 11.6. The fourth-order valence-corrected chi connectivity index (χ4v) is 1.68. The fraction of sp³-hybridized carbons (Fsp3) is 0.188. The molecule has 0 atom stereocenters. The van der Waals surface area contributed by atoms with Crippen LogP contribution in [0.3, 0.4) is 0 Å². The van der Waals surface area contributed by atoms with Crippen molar-refractivity contribution in [2.75, 3.05) is 13.2 Å². The number of hydrogen-bond donors (Lipinski definition) is 2. The highest BCUT2D eigenvalue weighted by Crippen LogP contribution is 2.12. The van der Waals surface area contributed by atoms with Crippen LogP contribution in [0.4, 0.5) is 0 Å². The quantitative estimate of drug-likeness (QED) is 0.610. The summed E-state index contributed by atoms with van der Waals surface area (Å²) in [6.45, 7) is 1.71. The minimum Gasteiger partial charge on any atom is -0.484 e. The van der Waals surface area contributed by atoms with Gasteiger partial charge in [-0.2, -0.15) is 0 Å². The molecule has 2 aromatic rings. The zero-order valence-electron chi connectivity index (χ0n) is 12.9. The maximum Gasteiger partial charge on any atom is 0.338 e. The standard InChI is InChI=1S/C16H16N2O6/c1-2-22-16(21)11-5-7-12(8-6-11)24-10-14(19)17-18-15(20)13-4-3-9-23-13/h3-9H,2,10H2,1H3,(H,17,19)(H,18,20). The Bertz CT molecular complexity index is 694. The van der Waals surface area contributed by atoms with Crippen molar-refractivity contribution in [1.29, 1.82) is 0 Å². The van der Waals surface area contributed by atoms with Crippen LogP contribution < -0.4 is 15.6 Å². The number of hydrazine groups is 1. The predicted octanol–water partition coefficient (Wildman–Crippen LogP) is 1.30. The van der Waals surface area contributed by atoms with Gasteiger partial charge in [-0.1, -0.05) is 0 Å². The Morgan fingerprint density at radius 3 is 2.46 bits per heavy atom. The van der Waals surface area contributed by atoms with Gasteiger partial charge in [-0.3, -0.25) is 20.4 Å². The van der Waals surface area contributed by atoms with Crippen molar-refractivity contribution in [3.8, 4) is 5.75 Å². The topological polar surface area (TPSA) is 107 Å². The molecule has 8 nitrogen and oxygen atoms in total. The van der Waals surface area contributed by atoms with Gasteiger partial charge in [0.2, 0.25) is 0 Å². The van der Waals surface area contributed by atoms with Crippen molar-refractivity contribution in [1.82, 2.24) is 10.9 Å². The Morgan fingerprint density at radius 1 is 1.08 bits per heavy atom. The van der Waals surface area contributed by atoms with Gasteiger partial charge in [0.1, 0.15) is 5.75 Å². The van der Waals surface area contributed by atoms with Crippen molar-refractivity contribution < 1.29 is 28.3 Å². The lowest BCUT2D eigenvalue weighted by molar-refractivity contribution is -0.123. The van der Waals surface area contributed by atoms with E-state index < -0.39 is 17.8 Å². The number of benzene rings is 1. The van der Waals surface area contributed by atoms with Crippen LogP contribution in [0.25, 0.3) is 0 Å². The van der Waals surface area contributed by atoms with Crippen LogP contribution >= 0.6 is 0 Å². The number of esters is 1. The average molecular weight is 332 g/mol. The number of amides is 2. The van der Waals surface area contributed by atoms with E-state index in [0.29, 0.717) is 17.9 Å². The van der Waals surface area contributed by atoms with Crippen LogP contribution in [0.5, 0.6) is 5.75 Å². The molecule has 0 aliphatic rings. The van der Waals surface area contributed by atoms with E-state index in [1.165, 1.54) is 24.5 Å². The first-order valence-electron chi connectivity index (χ1n) is 7.13. The largest absolute Gasteiger partial charge is 0.484 e. The molecule has 8 heteroatoms. The lowest BCUT2D eigenvalue weighted by Gasteiger charge is -2.08. The molecule has 0 radical (unpaired) electrons. The van der Waals surface area contributed by atoms with E-state index in [9.17, 15) is 14.4 Å². The highest BCUT2D eigenvalue weighted by atomic mass is 16.5. The molecule has 0 spiro atoms. The van der Waals surface area contributed by atoms with Crippen molar-refractivity contribution in [3.05, 3.63) is 54.0 Å². The third kappa shape index (κ3) is 4.87. The van der Waals surface area contributed by atoms with Crippen molar-refractivity contribution in [2.45, 2.75) is 6.92 Å². The molecule has 24 heavy (non-hydrogen) atoms. The monoisotopic (exact) mass is 332 g/mol. The third-order valence-electron chi connectivity index (χ3n) is 2.80.